The molecule has 21 heavy (non-hydrogen) atoms. The molecule has 1 unspecified atom stereocenters. The molecule has 1 aliphatic heterocycles. The standard InChI is InChI=1S/C13H17IN4O3/c1-15-12(19)6-10-8-17(4-5-18(10)13(20)21)11-3-2-9(14)7-16-11/h2-3,7,10H,4-6,8H2,1H3,(H,15,19)(H,20,21). The number of rotatable bonds is 3. The number of aromatic nitrogens is 1. The fourth-order valence-corrected chi connectivity index (χ4v) is 2.68. The van der Waals surface area contributed by atoms with E-state index in [1.807, 2.05) is 17.0 Å². The molecule has 0 aliphatic carbocycles. The van der Waals surface area contributed by atoms with Crippen molar-refractivity contribution < 1.29 is 14.7 Å². The molecule has 0 aromatic carbocycles. The van der Waals surface area contributed by atoms with Crippen molar-refractivity contribution >= 4 is 40.4 Å². The van der Waals surface area contributed by atoms with E-state index in [-0.39, 0.29) is 18.4 Å². The largest absolute Gasteiger partial charge is 0.465 e. The molecule has 1 aromatic rings. The zero-order valence-corrected chi connectivity index (χ0v) is 13.8. The molecular weight excluding hydrogens is 387 g/mol. The van der Waals surface area contributed by atoms with Crippen LogP contribution in [0, 0.1) is 3.57 Å². The number of hydrogen-bond acceptors (Lipinski definition) is 4. The molecule has 2 amide bonds. The summed E-state index contributed by atoms with van der Waals surface area (Å²) in [5.74, 6) is 0.644. The van der Waals surface area contributed by atoms with E-state index in [9.17, 15) is 14.7 Å². The van der Waals surface area contributed by atoms with E-state index in [2.05, 4.69) is 32.9 Å². The number of carbonyl (C=O) groups excluding carboxylic acids is 1. The van der Waals surface area contributed by atoms with Gasteiger partial charge in [-0.2, -0.15) is 0 Å². The van der Waals surface area contributed by atoms with Crippen LogP contribution in [0.2, 0.25) is 0 Å². The molecule has 114 valence electrons. The van der Waals surface area contributed by atoms with E-state index in [1.54, 1.807) is 13.2 Å². The van der Waals surface area contributed by atoms with E-state index >= 15 is 0 Å². The van der Waals surface area contributed by atoms with E-state index < -0.39 is 6.09 Å². The molecule has 1 aromatic heterocycles. The molecule has 2 heterocycles. The maximum atomic E-state index is 11.6. The Morgan fingerprint density at radius 3 is 2.81 bits per heavy atom. The van der Waals surface area contributed by atoms with Gasteiger partial charge in [-0.1, -0.05) is 0 Å². The van der Waals surface area contributed by atoms with Gasteiger partial charge < -0.3 is 20.2 Å². The van der Waals surface area contributed by atoms with Crippen LogP contribution in [0.25, 0.3) is 0 Å². The first-order chi connectivity index (χ1) is 10.0. The van der Waals surface area contributed by atoms with E-state index in [0.717, 1.165) is 9.39 Å². The Bertz CT molecular complexity index is 523. The van der Waals surface area contributed by atoms with Crippen LogP contribution in [0.1, 0.15) is 6.42 Å². The minimum Gasteiger partial charge on any atom is -0.465 e. The van der Waals surface area contributed by atoms with Gasteiger partial charge in [0.2, 0.25) is 5.91 Å². The fraction of sp³-hybridized carbons (Fsp3) is 0.462. The van der Waals surface area contributed by atoms with Crippen molar-refractivity contribution in [2.24, 2.45) is 0 Å². The number of pyridine rings is 1. The highest BCUT2D eigenvalue weighted by Gasteiger charge is 2.32. The minimum absolute atomic E-state index is 0.156. The van der Waals surface area contributed by atoms with Crippen LogP contribution < -0.4 is 10.2 Å². The summed E-state index contributed by atoms with van der Waals surface area (Å²) in [7, 11) is 1.55. The topological polar surface area (TPSA) is 85.8 Å². The van der Waals surface area contributed by atoms with Crippen LogP contribution in [-0.2, 0) is 4.79 Å². The number of hydrogen-bond donors (Lipinski definition) is 2. The first-order valence-corrected chi connectivity index (χ1v) is 7.65. The molecule has 1 aliphatic rings. The summed E-state index contributed by atoms with van der Waals surface area (Å²) in [6, 6.07) is 3.51. The SMILES string of the molecule is CNC(=O)CC1CN(c2ccc(I)cn2)CCN1C(=O)O. The van der Waals surface area contributed by atoms with Gasteiger partial charge in [0.25, 0.3) is 0 Å². The number of nitrogens with one attached hydrogen (secondary N) is 1. The Labute approximate surface area is 136 Å². The average molecular weight is 404 g/mol. The first-order valence-electron chi connectivity index (χ1n) is 6.58. The maximum absolute atomic E-state index is 11.6. The van der Waals surface area contributed by atoms with Crippen molar-refractivity contribution in [1.82, 2.24) is 15.2 Å². The minimum atomic E-state index is -0.987. The van der Waals surface area contributed by atoms with Crippen LogP contribution in [-0.4, -0.2) is 59.7 Å². The summed E-state index contributed by atoms with van der Waals surface area (Å²) in [5.41, 5.74) is 0. The molecule has 0 bridgehead atoms. The summed E-state index contributed by atoms with van der Waals surface area (Å²) in [6.45, 7) is 1.40. The summed E-state index contributed by atoms with van der Waals surface area (Å²) >= 11 is 2.18. The molecule has 1 saturated heterocycles. The van der Waals surface area contributed by atoms with E-state index in [4.69, 9.17) is 0 Å². The normalized spacial score (nSPS) is 18.5. The van der Waals surface area contributed by atoms with Crippen molar-refractivity contribution in [2.75, 3.05) is 31.6 Å². The van der Waals surface area contributed by atoms with Gasteiger partial charge >= 0.3 is 6.09 Å². The van der Waals surface area contributed by atoms with Gasteiger partial charge in [0.1, 0.15) is 5.82 Å². The number of carbonyl (C=O) groups is 2. The summed E-state index contributed by atoms with van der Waals surface area (Å²) in [4.78, 5) is 30.6. The Kier molecular flexibility index (Phi) is 5.21. The van der Waals surface area contributed by atoms with E-state index in [1.165, 1.54) is 4.90 Å². The first kappa shape index (κ1) is 15.8. The van der Waals surface area contributed by atoms with Crippen LogP contribution in [0.3, 0.4) is 0 Å². The van der Waals surface area contributed by atoms with Crippen molar-refractivity contribution in [3.8, 4) is 0 Å². The quantitative estimate of drug-likeness (QED) is 0.735. The Balaban J connectivity index is 2.12. The zero-order valence-electron chi connectivity index (χ0n) is 11.6. The third-order valence-electron chi connectivity index (χ3n) is 3.46. The molecule has 1 atom stereocenters. The van der Waals surface area contributed by atoms with Gasteiger partial charge in [-0.3, -0.25) is 4.79 Å². The second-order valence-corrected chi connectivity index (χ2v) is 6.03. The molecule has 7 nitrogen and oxygen atoms in total. The van der Waals surface area contributed by atoms with Crippen LogP contribution in [0.15, 0.2) is 18.3 Å². The maximum Gasteiger partial charge on any atom is 0.407 e. The molecule has 8 heteroatoms. The number of halogens is 1. The van der Waals surface area contributed by atoms with Gasteiger partial charge in [-0.25, -0.2) is 9.78 Å². The Morgan fingerprint density at radius 2 is 2.24 bits per heavy atom. The molecule has 2 rings (SSSR count). The van der Waals surface area contributed by atoms with Gasteiger partial charge in [0.15, 0.2) is 0 Å². The number of nitrogens with zero attached hydrogens (tertiary/aromatic N) is 3. The predicted molar refractivity (Wildman–Crippen MR) is 86.4 cm³/mol. The second kappa shape index (κ2) is 6.92. The smallest absolute Gasteiger partial charge is 0.407 e. The molecule has 0 radical (unpaired) electrons. The molecule has 2 N–H and O–H groups in total. The summed E-state index contributed by atoms with van der Waals surface area (Å²) in [5, 5.41) is 11.8. The third-order valence-corrected chi connectivity index (χ3v) is 4.10. The molecular formula is C13H17IN4O3. The Morgan fingerprint density at radius 1 is 1.48 bits per heavy atom. The number of amides is 2. The van der Waals surface area contributed by atoms with Crippen molar-refractivity contribution in [3.63, 3.8) is 0 Å². The van der Waals surface area contributed by atoms with Gasteiger partial charge in [0.05, 0.1) is 6.04 Å². The number of carboxylic acid groups (broad SMARTS) is 1. The predicted octanol–water partition coefficient (Wildman–Crippen LogP) is 0.991. The number of anilines is 1. The average Bonchev–Trinajstić information content (AvgIpc) is 2.47. The summed E-state index contributed by atoms with van der Waals surface area (Å²) < 4.78 is 1.04. The highest BCUT2D eigenvalue weighted by atomic mass is 127. The lowest BCUT2D eigenvalue weighted by atomic mass is 10.1. The van der Waals surface area contributed by atoms with Crippen molar-refractivity contribution in [1.29, 1.82) is 0 Å². The molecule has 1 fully saturated rings. The van der Waals surface area contributed by atoms with Crippen LogP contribution in [0.5, 0.6) is 0 Å². The van der Waals surface area contributed by atoms with Gasteiger partial charge in [0, 0.05) is 42.9 Å². The van der Waals surface area contributed by atoms with Crippen molar-refractivity contribution in [3.05, 3.63) is 21.9 Å². The summed E-state index contributed by atoms with van der Waals surface area (Å²) in [6.07, 6.45) is 0.941. The highest BCUT2D eigenvalue weighted by Crippen LogP contribution is 2.19. The van der Waals surface area contributed by atoms with Crippen LogP contribution in [0.4, 0.5) is 10.6 Å². The van der Waals surface area contributed by atoms with Crippen molar-refractivity contribution in [2.45, 2.75) is 12.5 Å². The lowest BCUT2D eigenvalue weighted by molar-refractivity contribution is -0.121. The van der Waals surface area contributed by atoms with Crippen LogP contribution >= 0.6 is 22.6 Å². The molecule has 0 saturated carbocycles. The zero-order chi connectivity index (χ0) is 15.4. The second-order valence-electron chi connectivity index (χ2n) is 4.79. The Hall–Kier alpha value is -1.58. The monoisotopic (exact) mass is 404 g/mol. The van der Waals surface area contributed by atoms with E-state index in [0.29, 0.717) is 19.6 Å². The van der Waals surface area contributed by atoms with Gasteiger partial charge in [-0.15, -0.1) is 0 Å². The highest BCUT2D eigenvalue weighted by molar-refractivity contribution is 14.1. The fourth-order valence-electron chi connectivity index (χ4n) is 2.36. The molecule has 0 spiro atoms. The lowest BCUT2D eigenvalue weighted by Gasteiger charge is -2.40. The lowest BCUT2D eigenvalue weighted by Crippen LogP contribution is -2.56. The number of piperazine rings is 1. The third kappa shape index (κ3) is 3.96. The van der Waals surface area contributed by atoms with Gasteiger partial charge in [-0.05, 0) is 34.7 Å².